The average Bonchev–Trinajstić information content (AvgIpc) is 2.62. The van der Waals surface area contributed by atoms with Gasteiger partial charge in [0.25, 0.3) is 0 Å². The summed E-state index contributed by atoms with van der Waals surface area (Å²) in [5.74, 6) is -0.550. The van der Waals surface area contributed by atoms with Crippen LogP contribution in [0.15, 0.2) is 34.8 Å². The fourth-order valence-electron chi connectivity index (χ4n) is 2.63. The second-order valence-corrected chi connectivity index (χ2v) is 7.79. The Hall–Kier alpha value is -1.83. The van der Waals surface area contributed by atoms with Crippen LogP contribution in [-0.2, 0) is 17.9 Å². The van der Waals surface area contributed by atoms with Gasteiger partial charge in [-0.15, -0.1) is 0 Å². The lowest BCUT2D eigenvalue weighted by molar-refractivity contribution is -0.140. The van der Waals surface area contributed by atoms with Crippen molar-refractivity contribution in [3.05, 3.63) is 56.8 Å². The Labute approximate surface area is 176 Å². The molecule has 152 valence electrons. The zero-order valence-corrected chi connectivity index (χ0v) is 18.1. The Morgan fingerprint density at radius 2 is 2.04 bits per heavy atom. The molecule has 2 N–H and O–H groups in total. The molecule has 1 unspecified atom stereocenters. The molecule has 0 spiro atoms. The molecule has 0 saturated carbocycles. The van der Waals surface area contributed by atoms with E-state index in [9.17, 15) is 14.3 Å². The first-order valence-electron chi connectivity index (χ1n) is 8.62. The summed E-state index contributed by atoms with van der Waals surface area (Å²) < 4.78 is 25.7. The molecular formula is C20H22BrClFNO4. The van der Waals surface area contributed by atoms with Crippen molar-refractivity contribution in [2.75, 3.05) is 7.11 Å². The zero-order chi connectivity index (χ0) is 20.8. The molecule has 0 aromatic heterocycles. The van der Waals surface area contributed by atoms with E-state index in [1.807, 2.05) is 13.8 Å². The van der Waals surface area contributed by atoms with Crippen LogP contribution in [-0.4, -0.2) is 24.2 Å². The van der Waals surface area contributed by atoms with Gasteiger partial charge in [0.2, 0.25) is 0 Å². The minimum Gasteiger partial charge on any atom is -0.493 e. The summed E-state index contributed by atoms with van der Waals surface area (Å²) in [7, 11) is 1.50. The summed E-state index contributed by atoms with van der Waals surface area (Å²) in [6.07, 6.45) is 0. The van der Waals surface area contributed by atoms with Crippen LogP contribution in [0.3, 0.4) is 0 Å². The summed E-state index contributed by atoms with van der Waals surface area (Å²) in [6.45, 7) is 3.95. The normalized spacial score (nSPS) is 12.1. The molecule has 0 aliphatic rings. The molecule has 8 heteroatoms. The second-order valence-electron chi connectivity index (χ2n) is 6.52. The molecule has 0 amide bonds. The van der Waals surface area contributed by atoms with Gasteiger partial charge in [-0.3, -0.25) is 4.79 Å². The van der Waals surface area contributed by atoms with Gasteiger partial charge in [0, 0.05) is 16.6 Å². The Morgan fingerprint density at radius 3 is 2.61 bits per heavy atom. The van der Waals surface area contributed by atoms with Crippen molar-refractivity contribution in [3.63, 3.8) is 0 Å². The molecule has 0 aliphatic carbocycles. The Kier molecular flexibility index (Phi) is 8.10. The lowest BCUT2D eigenvalue weighted by Crippen LogP contribution is -2.40. The number of benzene rings is 2. The quantitative estimate of drug-likeness (QED) is 0.534. The molecule has 2 aromatic rings. The summed E-state index contributed by atoms with van der Waals surface area (Å²) in [6, 6.07) is 7.22. The maximum absolute atomic E-state index is 13.9. The molecule has 5 nitrogen and oxygen atoms in total. The van der Waals surface area contributed by atoms with Gasteiger partial charge in [-0.1, -0.05) is 47.4 Å². The molecule has 0 heterocycles. The maximum atomic E-state index is 13.9. The molecule has 0 radical (unpaired) electrons. The van der Waals surface area contributed by atoms with Crippen LogP contribution in [0.5, 0.6) is 11.5 Å². The number of hydrogen-bond donors (Lipinski definition) is 2. The summed E-state index contributed by atoms with van der Waals surface area (Å²) in [5, 5.41) is 12.6. The van der Waals surface area contributed by atoms with Crippen LogP contribution in [0.25, 0.3) is 0 Å². The standard InChI is InChI=1S/C20H22BrClFNO4/c1-11(2)19(20(25)26)24-9-12-7-17(27-3)18(8-14(12)21)28-10-13-15(22)5-4-6-16(13)23/h4-8,11,19,24H,9-10H2,1-3H3,(H,25,26). The zero-order valence-electron chi connectivity index (χ0n) is 15.8. The third-order valence-corrected chi connectivity index (χ3v) is 5.30. The smallest absolute Gasteiger partial charge is 0.320 e. The van der Waals surface area contributed by atoms with Crippen LogP contribution in [0.2, 0.25) is 5.02 Å². The molecule has 28 heavy (non-hydrogen) atoms. The Morgan fingerprint density at radius 1 is 1.32 bits per heavy atom. The number of methoxy groups -OCH3 is 1. The van der Waals surface area contributed by atoms with Crippen LogP contribution < -0.4 is 14.8 Å². The second kappa shape index (κ2) is 10.1. The molecule has 0 bridgehead atoms. The number of rotatable bonds is 9. The van der Waals surface area contributed by atoms with Gasteiger partial charge in [-0.05, 0) is 35.7 Å². The Balaban J connectivity index is 2.17. The van der Waals surface area contributed by atoms with Crippen molar-refractivity contribution < 1.29 is 23.8 Å². The summed E-state index contributed by atoms with van der Waals surface area (Å²) in [4.78, 5) is 11.3. The first kappa shape index (κ1) is 22.5. The highest BCUT2D eigenvalue weighted by molar-refractivity contribution is 9.10. The van der Waals surface area contributed by atoms with E-state index in [-0.39, 0.29) is 23.1 Å². The lowest BCUT2D eigenvalue weighted by atomic mass is 10.0. The first-order chi connectivity index (χ1) is 13.2. The van der Waals surface area contributed by atoms with Crippen LogP contribution in [0.1, 0.15) is 25.0 Å². The topological polar surface area (TPSA) is 67.8 Å². The van der Waals surface area contributed by atoms with Crippen molar-refractivity contribution in [2.45, 2.75) is 33.0 Å². The monoisotopic (exact) mass is 473 g/mol. The van der Waals surface area contributed by atoms with Crippen molar-refractivity contribution in [1.82, 2.24) is 5.32 Å². The molecule has 0 saturated heterocycles. The largest absolute Gasteiger partial charge is 0.493 e. The van der Waals surface area contributed by atoms with Gasteiger partial charge in [0.1, 0.15) is 18.5 Å². The highest BCUT2D eigenvalue weighted by Gasteiger charge is 2.21. The minimum atomic E-state index is -0.903. The minimum absolute atomic E-state index is 0.0552. The molecule has 2 aromatic carbocycles. The van der Waals surface area contributed by atoms with Gasteiger partial charge in [-0.2, -0.15) is 0 Å². The number of ether oxygens (including phenoxy) is 2. The van der Waals surface area contributed by atoms with Crippen molar-refractivity contribution in [1.29, 1.82) is 0 Å². The predicted octanol–water partition coefficient (Wildman–Crippen LogP) is 5.03. The number of aliphatic carboxylic acids is 1. The highest BCUT2D eigenvalue weighted by Crippen LogP contribution is 2.35. The van der Waals surface area contributed by atoms with E-state index in [0.717, 1.165) is 5.56 Å². The van der Waals surface area contributed by atoms with Crippen LogP contribution in [0, 0.1) is 11.7 Å². The van der Waals surface area contributed by atoms with Crippen molar-refractivity contribution in [2.24, 2.45) is 5.92 Å². The SMILES string of the molecule is COc1cc(CNC(C(=O)O)C(C)C)c(Br)cc1OCc1c(F)cccc1Cl. The number of halogens is 3. The number of hydrogen-bond acceptors (Lipinski definition) is 4. The summed E-state index contributed by atoms with van der Waals surface area (Å²) >= 11 is 9.50. The number of nitrogens with one attached hydrogen (secondary N) is 1. The number of carboxylic acid groups (broad SMARTS) is 1. The van der Waals surface area contributed by atoms with Crippen LogP contribution in [0.4, 0.5) is 4.39 Å². The van der Waals surface area contributed by atoms with E-state index in [2.05, 4.69) is 21.2 Å². The van der Waals surface area contributed by atoms with E-state index in [4.69, 9.17) is 21.1 Å². The molecule has 0 aliphatic heterocycles. The fraction of sp³-hybridized carbons (Fsp3) is 0.350. The van der Waals surface area contributed by atoms with Gasteiger partial charge in [-0.25, -0.2) is 4.39 Å². The third-order valence-electron chi connectivity index (χ3n) is 4.21. The highest BCUT2D eigenvalue weighted by atomic mass is 79.9. The van der Waals surface area contributed by atoms with Gasteiger partial charge in [0.15, 0.2) is 11.5 Å². The first-order valence-corrected chi connectivity index (χ1v) is 9.80. The van der Waals surface area contributed by atoms with E-state index in [1.165, 1.54) is 19.2 Å². The molecule has 1 atom stereocenters. The number of carboxylic acids is 1. The summed E-state index contributed by atoms with van der Waals surface area (Å²) in [5.41, 5.74) is 1.06. The molecule has 0 fully saturated rings. The van der Waals surface area contributed by atoms with Gasteiger partial charge < -0.3 is 19.9 Å². The van der Waals surface area contributed by atoms with Crippen LogP contribution >= 0.6 is 27.5 Å². The van der Waals surface area contributed by atoms with E-state index >= 15 is 0 Å². The molecular weight excluding hydrogens is 453 g/mol. The molecule has 2 rings (SSSR count). The fourth-order valence-corrected chi connectivity index (χ4v) is 3.31. The maximum Gasteiger partial charge on any atom is 0.320 e. The van der Waals surface area contributed by atoms with E-state index in [0.29, 0.717) is 22.5 Å². The van der Waals surface area contributed by atoms with E-state index in [1.54, 1.807) is 18.2 Å². The lowest BCUT2D eigenvalue weighted by Gasteiger charge is -2.19. The van der Waals surface area contributed by atoms with E-state index < -0.39 is 17.8 Å². The van der Waals surface area contributed by atoms with Gasteiger partial charge >= 0.3 is 5.97 Å². The van der Waals surface area contributed by atoms with Crippen molar-refractivity contribution >= 4 is 33.5 Å². The third kappa shape index (κ3) is 5.59. The van der Waals surface area contributed by atoms with Gasteiger partial charge in [0.05, 0.1) is 12.1 Å². The average molecular weight is 475 g/mol. The number of carbonyl (C=O) groups is 1. The predicted molar refractivity (Wildman–Crippen MR) is 110 cm³/mol. The van der Waals surface area contributed by atoms with Crippen molar-refractivity contribution in [3.8, 4) is 11.5 Å². The Bertz CT molecular complexity index is 827.